The normalized spacial score (nSPS) is 16.0. The Kier molecular flexibility index (Phi) is 16.2. The van der Waals surface area contributed by atoms with Gasteiger partial charge < -0.3 is 24.9 Å². The molecular weight excluding hydrogens is 484 g/mol. The molecule has 0 unspecified atom stereocenters. The van der Waals surface area contributed by atoms with Gasteiger partial charge in [-0.05, 0) is 69.0 Å². The molecule has 0 aromatic rings. The van der Waals surface area contributed by atoms with Crippen molar-refractivity contribution in [3.63, 3.8) is 0 Å². The van der Waals surface area contributed by atoms with Crippen molar-refractivity contribution in [1.82, 2.24) is 10.6 Å². The SMILES string of the molecule is CCCCNC(=O)[C@H](C)C[C@H](O)[C@H](C[C@H](C)CCO[Si](C(C)C)(C(C)C)C(C)C)NC(=O)OC(C)(C)C. The molecule has 0 aliphatic heterocycles. The Morgan fingerprint density at radius 3 is 1.92 bits per heavy atom. The van der Waals surface area contributed by atoms with E-state index >= 15 is 0 Å². The maximum absolute atomic E-state index is 12.6. The second-order valence-electron chi connectivity index (χ2n) is 12.9. The number of rotatable bonds is 17. The van der Waals surface area contributed by atoms with Gasteiger partial charge in [0.15, 0.2) is 8.32 Å². The van der Waals surface area contributed by atoms with Gasteiger partial charge in [0.2, 0.25) is 5.91 Å². The number of ether oxygens (including phenoxy) is 1. The van der Waals surface area contributed by atoms with E-state index in [1.54, 1.807) is 0 Å². The van der Waals surface area contributed by atoms with Crippen molar-refractivity contribution in [3.8, 4) is 0 Å². The van der Waals surface area contributed by atoms with Gasteiger partial charge in [-0.15, -0.1) is 0 Å². The summed E-state index contributed by atoms with van der Waals surface area (Å²) in [6.07, 6.45) is 2.21. The Hall–Kier alpha value is -1.12. The summed E-state index contributed by atoms with van der Waals surface area (Å²) in [4.78, 5) is 25.0. The summed E-state index contributed by atoms with van der Waals surface area (Å²) >= 11 is 0. The molecular formula is C29H60N2O5Si. The fourth-order valence-corrected chi connectivity index (χ4v) is 10.9. The van der Waals surface area contributed by atoms with Crippen LogP contribution in [0.3, 0.4) is 0 Å². The molecule has 2 amide bonds. The predicted molar refractivity (Wildman–Crippen MR) is 156 cm³/mol. The maximum Gasteiger partial charge on any atom is 0.407 e. The number of carbonyl (C=O) groups excluding carboxylic acids is 2. The topological polar surface area (TPSA) is 96.9 Å². The fraction of sp³-hybridized carbons (Fsp3) is 0.931. The van der Waals surface area contributed by atoms with E-state index in [9.17, 15) is 14.7 Å². The minimum absolute atomic E-state index is 0.0673. The summed E-state index contributed by atoms with van der Waals surface area (Å²) in [7, 11) is -1.94. The first-order valence-electron chi connectivity index (χ1n) is 14.6. The number of nitrogens with one attached hydrogen (secondary N) is 2. The molecule has 0 radical (unpaired) electrons. The molecule has 0 aliphatic rings. The molecule has 3 N–H and O–H groups in total. The van der Waals surface area contributed by atoms with Gasteiger partial charge >= 0.3 is 6.09 Å². The van der Waals surface area contributed by atoms with Crippen LogP contribution in [-0.4, -0.2) is 56.3 Å². The highest BCUT2D eigenvalue weighted by atomic mass is 28.4. The van der Waals surface area contributed by atoms with Crippen LogP contribution < -0.4 is 10.6 Å². The van der Waals surface area contributed by atoms with Gasteiger partial charge in [-0.3, -0.25) is 4.79 Å². The molecule has 0 aromatic carbocycles. The van der Waals surface area contributed by atoms with Crippen LogP contribution in [0.15, 0.2) is 0 Å². The molecule has 37 heavy (non-hydrogen) atoms. The second-order valence-corrected chi connectivity index (χ2v) is 18.4. The molecule has 0 fully saturated rings. The van der Waals surface area contributed by atoms with Gasteiger partial charge in [0.1, 0.15) is 5.60 Å². The average Bonchev–Trinajstić information content (AvgIpc) is 2.74. The van der Waals surface area contributed by atoms with Crippen molar-refractivity contribution >= 4 is 20.3 Å². The van der Waals surface area contributed by atoms with E-state index in [1.807, 2.05) is 27.7 Å². The van der Waals surface area contributed by atoms with E-state index in [0.717, 1.165) is 19.3 Å². The van der Waals surface area contributed by atoms with E-state index in [2.05, 4.69) is 66.0 Å². The molecule has 7 nitrogen and oxygen atoms in total. The number of aliphatic hydroxyl groups is 1. The predicted octanol–water partition coefficient (Wildman–Crippen LogP) is 6.79. The fourth-order valence-electron chi connectivity index (χ4n) is 5.46. The maximum atomic E-state index is 12.6. The summed E-state index contributed by atoms with van der Waals surface area (Å²) in [6.45, 7) is 26.5. The third kappa shape index (κ3) is 13.0. The Bertz CT molecular complexity index is 641. The highest BCUT2D eigenvalue weighted by Crippen LogP contribution is 2.42. The standard InChI is InChI=1S/C29H60N2O5Si/c1-13-14-16-30-27(33)24(9)19-26(32)25(31-28(34)36-29(10,11)12)18-23(8)15-17-35-37(20(2)3,21(4)5)22(6)7/h20-26,32H,13-19H2,1-12H3,(H,30,33)(H,31,34)/t23-,24-,25+,26+/m1/s1. The summed E-state index contributed by atoms with van der Waals surface area (Å²) < 4.78 is 12.2. The van der Waals surface area contributed by atoms with Gasteiger partial charge in [0.25, 0.3) is 0 Å². The van der Waals surface area contributed by atoms with Crippen LogP contribution >= 0.6 is 0 Å². The van der Waals surface area contributed by atoms with Gasteiger partial charge in [-0.25, -0.2) is 4.79 Å². The number of alkyl carbamates (subject to hydrolysis) is 1. The van der Waals surface area contributed by atoms with E-state index in [-0.39, 0.29) is 24.2 Å². The first kappa shape index (κ1) is 35.9. The molecule has 0 aromatic heterocycles. The van der Waals surface area contributed by atoms with Crippen LogP contribution in [0.4, 0.5) is 4.79 Å². The van der Waals surface area contributed by atoms with Gasteiger partial charge in [-0.2, -0.15) is 0 Å². The Balaban J connectivity index is 5.33. The highest BCUT2D eigenvalue weighted by Gasteiger charge is 2.45. The molecule has 0 rings (SSSR count). The third-order valence-electron chi connectivity index (χ3n) is 7.36. The van der Waals surface area contributed by atoms with Gasteiger partial charge in [0, 0.05) is 19.1 Å². The van der Waals surface area contributed by atoms with Crippen molar-refractivity contribution < 1.29 is 23.9 Å². The largest absolute Gasteiger partial charge is 0.444 e. The molecule has 0 saturated carbocycles. The van der Waals surface area contributed by atoms with Crippen molar-refractivity contribution in [1.29, 1.82) is 0 Å². The summed E-state index contributed by atoms with van der Waals surface area (Å²) in [5, 5.41) is 16.9. The number of hydrogen-bond donors (Lipinski definition) is 3. The smallest absolute Gasteiger partial charge is 0.407 e. The quantitative estimate of drug-likeness (QED) is 0.138. The molecule has 0 aliphatic carbocycles. The van der Waals surface area contributed by atoms with E-state index in [4.69, 9.17) is 9.16 Å². The zero-order valence-electron chi connectivity index (χ0n) is 26.1. The number of unbranched alkanes of at least 4 members (excludes halogenated alkanes) is 1. The van der Waals surface area contributed by atoms with Crippen LogP contribution in [0.25, 0.3) is 0 Å². The lowest BCUT2D eigenvalue weighted by atomic mass is 9.91. The first-order valence-corrected chi connectivity index (χ1v) is 16.7. The summed E-state index contributed by atoms with van der Waals surface area (Å²) in [6, 6.07) is -0.516. The number of carbonyl (C=O) groups is 2. The molecule has 4 atom stereocenters. The minimum atomic E-state index is -1.94. The Morgan fingerprint density at radius 2 is 1.46 bits per heavy atom. The lowest BCUT2D eigenvalue weighted by molar-refractivity contribution is -0.125. The lowest BCUT2D eigenvalue weighted by Gasteiger charge is -2.42. The zero-order chi connectivity index (χ0) is 29.0. The van der Waals surface area contributed by atoms with Crippen LogP contribution in [0.2, 0.25) is 16.6 Å². The highest BCUT2D eigenvalue weighted by molar-refractivity contribution is 6.77. The second kappa shape index (κ2) is 16.8. The zero-order valence-corrected chi connectivity index (χ0v) is 27.1. The molecule has 220 valence electrons. The number of amides is 2. The lowest BCUT2D eigenvalue weighted by Crippen LogP contribution is -2.48. The number of aliphatic hydroxyl groups excluding tert-OH is 1. The summed E-state index contributed by atoms with van der Waals surface area (Å²) in [5.41, 5.74) is 0.938. The van der Waals surface area contributed by atoms with Crippen LogP contribution in [0.1, 0.15) is 115 Å². The van der Waals surface area contributed by atoms with Crippen LogP contribution in [0, 0.1) is 11.8 Å². The monoisotopic (exact) mass is 544 g/mol. The first-order chi connectivity index (χ1) is 17.0. The number of hydrogen-bond acceptors (Lipinski definition) is 5. The van der Waals surface area contributed by atoms with Gasteiger partial charge in [0.05, 0.1) is 12.1 Å². The van der Waals surface area contributed by atoms with Crippen molar-refractivity contribution in [2.75, 3.05) is 13.2 Å². The van der Waals surface area contributed by atoms with Crippen LogP contribution in [0.5, 0.6) is 0 Å². The van der Waals surface area contributed by atoms with E-state index in [0.29, 0.717) is 36.2 Å². The van der Waals surface area contributed by atoms with Gasteiger partial charge in [-0.1, -0.05) is 68.7 Å². The Labute approximate surface area is 229 Å². The van der Waals surface area contributed by atoms with Crippen molar-refractivity contribution in [2.24, 2.45) is 11.8 Å². The molecule has 0 bridgehead atoms. The Morgan fingerprint density at radius 1 is 0.919 bits per heavy atom. The van der Waals surface area contributed by atoms with Crippen molar-refractivity contribution in [2.45, 2.75) is 150 Å². The summed E-state index contributed by atoms with van der Waals surface area (Å²) in [5.74, 6) is -0.216. The van der Waals surface area contributed by atoms with Crippen molar-refractivity contribution in [3.05, 3.63) is 0 Å². The molecule has 0 heterocycles. The average molecular weight is 545 g/mol. The minimum Gasteiger partial charge on any atom is -0.444 e. The van der Waals surface area contributed by atoms with E-state index < -0.39 is 32.2 Å². The molecule has 0 spiro atoms. The van der Waals surface area contributed by atoms with Crippen LogP contribution in [-0.2, 0) is 14.0 Å². The van der Waals surface area contributed by atoms with E-state index in [1.165, 1.54) is 0 Å². The molecule has 0 saturated heterocycles. The molecule has 8 heteroatoms. The third-order valence-corrected chi connectivity index (χ3v) is 13.5.